The zero-order valence-corrected chi connectivity index (χ0v) is 14.0. The minimum Gasteiger partial charge on any atom is -0.490 e. The number of aliphatic carboxylic acids is 1. The molecule has 0 bridgehead atoms. The topological polar surface area (TPSA) is 139 Å². The largest absolute Gasteiger partial charge is 0.490 e. The van der Waals surface area contributed by atoms with Crippen LogP contribution in [0.4, 0.5) is 5.69 Å². The van der Waals surface area contributed by atoms with Gasteiger partial charge in [-0.3, -0.25) is 14.9 Å². The molecule has 1 atom stereocenters. The van der Waals surface area contributed by atoms with Crippen LogP contribution in [0.25, 0.3) is 0 Å². The van der Waals surface area contributed by atoms with E-state index in [1.165, 1.54) is 31.0 Å². The molecule has 0 saturated heterocycles. The first kappa shape index (κ1) is 19.7. The highest BCUT2D eigenvalue weighted by molar-refractivity contribution is 7.99. The zero-order valence-electron chi connectivity index (χ0n) is 13.1. The van der Waals surface area contributed by atoms with E-state index in [1.807, 2.05) is 0 Å². The van der Waals surface area contributed by atoms with Crippen LogP contribution in [0.5, 0.6) is 5.75 Å². The van der Waals surface area contributed by atoms with Crippen molar-refractivity contribution in [3.05, 3.63) is 33.9 Å². The molecule has 9 nitrogen and oxygen atoms in total. The number of nitrogens with zero attached hydrogens (tertiary/aromatic N) is 1. The molecule has 0 fully saturated rings. The number of amides is 1. The number of thioether (sulfide) groups is 1. The summed E-state index contributed by atoms with van der Waals surface area (Å²) in [6.07, 6.45) is 0. The van der Waals surface area contributed by atoms with Gasteiger partial charge in [-0.2, -0.15) is 0 Å². The van der Waals surface area contributed by atoms with Gasteiger partial charge < -0.3 is 20.3 Å². The second kappa shape index (κ2) is 8.50. The number of rotatable bonds is 9. The fraction of sp³-hybridized carbons (Fsp3) is 0.429. The molecule has 0 radical (unpaired) electrons. The van der Waals surface area contributed by atoms with Gasteiger partial charge in [-0.05, 0) is 18.6 Å². The average Bonchev–Trinajstić information content (AvgIpc) is 2.52. The molecule has 0 saturated carbocycles. The number of hydrogen-bond acceptors (Lipinski definition) is 7. The SMILES string of the molecule is COc1ccc(CSCC(=O)NCC(C)(O)C(=O)O)cc1[N+](=O)[O-]. The maximum Gasteiger partial charge on any atom is 0.337 e. The van der Waals surface area contributed by atoms with Gasteiger partial charge in [-0.1, -0.05) is 6.07 Å². The Morgan fingerprint density at radius 1 is 1.46 bits per heavy atom. The fourth-order valence-electron chi connectivity index (χ4n) is 1.63. The van der Waals surface area contributed by atoms with Crippen LogP contribution >= 0.6 is 11.8 Å². The van der Waals surface area contributed by atoms with Crippen molar-refractivity contribution in [2.75, 3.05) is 19.4 Å². The Kier molecular flexibility index (Phi) is 6.98. The molecule has 1 aromatic carbocycles. The highest BCUT2D eigenvalue weighted by Crippen LogP contribution is 2.28. The number of carbonyl (C=O) groups is 2. The molecule has 1 rings (SSSR count). The van der Waals surface area contributed by atoms with Crippen molar-refractivity contribution in [3.63, 3.8) is 0 Å². The molecule has 1 unspecified atom stereocenters. The Bertz CT molecular complexity index is 634. The first-order valence-corrected chi connectivity index (χ1v) is 7.94. The van der Waals surface area contributed by atoms with Gasteiger partial charge in [0.15, 0.2) is 11.4 Å². The second-order valence-corrected chi connectivity index (χ2v) is 6.10. The molecule has 24 heavy (non-hydrogen) atoms. The third-order valence-electron chi connectivity index (χ3n) is 3.03. The van der Waals surface area contributed by atoms with Gasteiger partial charge in [0.1, 0.15) is 0 Å². The molecule has 1 aromatic rings. The quantitative estimate of drug-likeness (QED) is 0.435. The molecule has 0 aliphatic heterocycles. The van der Waals surface area contributed by atoms with Crippen molar-refractivity contribution in [1.29, 1.82) is 0 Å². The third kappa shape index (κ3) is 5.70. The van der Waals surface area contributed by atoms with Gasteiger partial charge in [0.25, 0.3) is 0 Å². The van der Waals surface area contributed by atoms with Crippen molar-refractivity contribution in [3.8, 4) is 5.75 Å². The van der Waals surface area contributed by atoms with E-state index in [1.54, 1.807) is 6.07 Å². The summed E-state index contributed by atoms with van der Waals surface area (Å²) >= 11 is 1.20. The number of methoxy groups -OCH3 is 1. The normalized spacial score (nSPS) is 13.0. The smallest absolute Gasteiger partial charge is 0.337 e. The fourth-order valence-corrected chi connectivity index (χ4v) is 2.43. The Hall–Kier alpha value is -2.33. The van der Waals surface area contributed by atoms with Crippen LogP contribution in [0.1, 0.15) is 12.5 Å². The van der Waals surface area contributed by atoms with Crippen molar-refractivity contribution in [1.82, 2.24) is 5.32 Å². The van der Waals surface area contributed by atoms with E-state index >= 15 is 0 Å². The molecule has 132 valence electrons. The van der Waals surface area contributed by atoms with E-state index in [4.69, 9.17) is 9.84 Å². The summed E-state index contributed by atoms with van der Waals surface area (Å²) in [6, 6.07) is 4.52. The van der Waals surface area contributed by atoms with Gasteiger partial charge in [0, 0.05) is 11.8 Å². The van der Waals surface area contributed by atoms with E-state index in [0.29, 0.717) is 11.3 Å². The van der Waals surface area contributed by atoms with Crippen LogP contribution in [-0.4, -0.2) is 52.0 Å². The van der Waals surface area contributed by atoms with E-state index in [9.17, 15) is 24.8 Å². The summed E-state index contributed by atoms with van der Waals surface area (Å²) < 4.78 is 4.90. The zero-order chi connectivity index (χ0) is 18.3. The molecule has 0 aliphatic carbocycles. The summed E-state index contributed by atoms with van der Waals surface area (Å²) in [4.78, 5) is 32.7. The number of benzene rings is 1. The third-order valence-corrected chi connectivity index (χ3v) is 4.04. The molecular formula is C14H18N2O7S. The molecule has 0 aromatic heterocycles. The van der Waals surface area contributed by atoms with E-state index in [2.05, 4.69) is 5.32 Å². The number of carboxylic acids is 1. The molecule has 3 N–H and O–H groups in total. The predicted molar refractivity (Wildman–Crippen MR) is 87.1 cm³/mol. The maximum atomic E-state index is 11.6. The van der Waals surface area contributed by atoms with Crippen LogP contribution in [0.3, 0.4) is 0 Å². The number of hydrogen-bond donors (Lipinski definition) is 3. The molecule has 10 heteroatoms. The molecule has 0 heterocycles. The molecule has 0 spiro atoms. The summed E-state index contributed by atoms with van der Waals surface area (Å²) in [5.41, 5.74) is -1.54. The lowest BCUT2D eigenvalue weighted by atomic mass is 10.1. The number of carboxylic acid groups (broad SMARTS) is 1. The summed E-state index contributed by atoms with van der Waals surface area (Å²) in [5, 5.41) is 31.5. The minimum atomic E-state index is -2.03. The van der Waals surface area contributed by atoms with Crippen molar-refractivity contribution in [2.45, 2.75) is 18.3 Å². The van der Waals surface area contributed by atoms with Crippen LogP contribution in [0.15, 0.2) is 18.2 Å². The summed E-state index contributed by atoms with van der Waals surface area (Å²) in [5.74, 6) is -1.34. The Balaban J connectivity index is 2.50. The van der Waals surface area contributed by atoms with Gasteiger partial charge in [0.2, 0.25) is 5.91 Å². The highest BCUT2D eigenvalue weighted by Gasteiger charge is 2.30. The van der Waals surface area contributed by atoms with Crippen LogP contribution in [0, 0.1) is 10.1 Å². The van der Waals surface area contributed by atoms with Crippen molar-refractivity contribution < 1.29 is 29.5 Å². The monoisotopic (exact) mass is 358 g/mol. The highest BCUT2D eigenvalue weighted by atomic mass is 32.2. The Morgan fingerprint density at radius 2 is 2.12 bits per heavy atom. The average molecular weight is 358 g/mol. The van der Waals surface area contributed by atoms with Crippen LogP contribution in [-0.2, 0) is 15.3 Å². The number of nitro benzene ring substituents is 1. The van der Waals surface area contributed by atoms with E-state index in [-0.39, 0.29) is 17.2 Å². The first-order valence-electron chi connectivity index (χ1n) is 6.79. The van der Waals surface area contributed by atoms with E-state index < -0.39 is 28.9 Å². The number of nitro groups is 1. The summed E-state index contributed by atoms with van der Waals surface area (Å²) in [7, 11) is 1.34. The van der Waals surface area contributed by atoms with Crippen molar-refractivity contribution in [2.24, 2.45) is 0 Å². The Labute approximate surface area is 142 Å². The maximum absolute atomic E-state index is 11.6. The Morgan fingerprint density at radius 3 is 2.67 bits per heavy atom. The molecule has 1 amide bonds. The van der Waals surface area contributed by atoms with Crippen LogP contribution < -0.4 is 10.1 Å². The lowest BCUT2D eigenvalue weighted by molar-refractivity contribution is -0.385. The lowest BCUT2D eigenvalue weighted by Gasteiger charge is -2.18. The standard InChI is InChI=1S/C14H18N2O7S/c1-14(20,13(18)19)8-15-12(17)7-24-6-9-3-4-11(23-2)10(5-9)16(21)22/h3-5,20H,6-8H2,1-2H3,(H,15,17)(H,18,19). The van der Waals surface area contributed by atoms with Crippen molar-refractivity contribution >= 4 is 29.3 Å². The van der Waals surface area contributed by atoms with Gasteiger partial charge in [0.05, 0.1) is 24.3 Å². The molecule has 0 aliphatic rings. The summed E-state index contributed by atoms with van der Waals surface area (Å²) in [6.45, 7) is 0.676. The number of aliphatic hydroxyl groups is 1. The second-order valence-electron chi connectivity index (χ2n) is 5.11. The lowest BCUT2D eigenvalue weighted by Crippen LogP contribution is -2.46. The predicted octanol–water partition coefficient (Wildman–Crippen LogP) is 0.788. The number of ether oxygens (including phenoxy) is 1. The van der Waals surface area contributed by atoms with Gasteiger partial charge >= 0.3 is 11.7 Å². The number of carbonyl (C=O) groups excluding carboxylic acids is 1. The first-order chi connectivity index (χ1) is 11.2. The van der Waals surface area contributed by atoms with Gasteiger partial charge in [-0.25, -0.2) is 4.79 Å². The van der Waals surface area contributed by atoms with Crippen LogP contribution in [0.2, 0.25) is 0 Å². The van der Waals surface area contributed by atoms with Gasteiger partial charge in [-0.15, -0.1) is 11.8 Å². The molecular weight excluding hydrogens is 340 g/mol. The number of nitrogens with one attached hydrogen (secondary N) is 1. The van der Waals surface area contributed by atoms with E-state index in [0.717, 1.165) is 6.92 Å². The minimum absolute atomic E-state index is 0.0233.